The highest BCUT2D eigenvalue weighted by Crippen LogP contribution is 2.29. The number of furan rings is 1. The Balaban J connectivity index is 0.00000225. The first-order valence-corrected chi connectivity index (χ1v) is 9.52. The minimum atomic E-state index is 0. The van der Waals surface area contributed by atoms with Gasteiger partial charge < -0.3 is 20.0 Å². The van der Waals surface area contributed by atoms with Crippen LogP contribution in [-0.2, 0) is 6.42 Å². The lowest BCUT2D eigenvalue weighted by atomic mass is 10.1. The highest BCUT2D eigenvalue weighted by atomic mass is 127. The lowest BCUT2D eigenvalue weighted by molar-refractivity contribution is 0.197. The zero-order valence-electron chi connectivity index (χ0n) is 15.5. The maximum atomic E-state index is 5.40. The molecule has 0 atom stereocenters. The van der Waals surface area contributed by atoms with Crippen LogP contribution < -0.4 is 10.6 Å². The molecule has 1 aliphatic carbocycles. The van der Waals surface area contributed by atoms with Gasteiger partial charge in [-0.15, -0.1) is 24.0 Å². The van der Waals surface area contributed by atoms with Crippen molar-refractivity contribution in [3.63, 3.8) is 0 Å². The number of aliphatic imine (C=N–C) groups is 1. The maximum absolute atomic E-state index is 5.40. The van der Waals surface area contributed by atoms with E-state index in [4.69, 9.17) is 9.41 Å². The van der Waals surface area contributed by atoms with Crippen LogP contribution >= 0.6 is 24.0 Å². The fourth-order valence-corrected chi connectivity index (χ4v) is 3.23. The van der Waals surface area contributed by atoms with Crippen molar-refractivity contribution in [1.29, 1.82) is 0 Å². The fraction of sp³-hybridized carbons (Fsp3) is 0.737. The molecule has 142 valence electrons. The molecule has 1 aromatic heterocycles. The Labute approximate surface area is 169 Å². The number of guanidine groups is 1. The summed E-state index contributed by atoms with van der Waals surface area (Å²) >= 11 is 0. The minimum absolute atomic E-state index is 0. The molecule has 2 heterocycles. The smallest absolute Gasteiger partial charge is 0.191 e. The zero-order valence-corrected chi connectivity index (χ0v) is 17.9. The number of likely N-dealkylation sites (tertiary alicyclic amines) is 1. The molecular formula is C19H33IN4O. The molecule has 5 nitrogen and oxygen atoms in total. The Morgan fingerprint density at radius 1 is 1.28 bits per heavy atom. The van der Waals surface area contributed by atoms with Crippen LogP contribution in [0.25, 0.3) is 0 Å². The topological polar surface area (TPSA) is 52.8 Å². The van der Waals surface area contributed by atoms with Gasteiger partial charge in [0.1, 0.15) is 5.76 Å². The van der Waals surface area contributed by atoms with Crippen LogP contribution in [0.2, 0.25) is 0 Å². The first-order valence-electron chi connectivity index (χ1n) is 9.52. The molecule has 6 heteroatoms. The van der Waals surface area contributed by atoms with Gasteiger partial charge in [-0.25, -0.2) is 0 Å². The Hall–Kier alpha value is -0.760. The molecule has 25 heavy (non-hydrogen) atoms. The number of hydrogen-bond donors (Lipinski definition) is 2. The van der Waals surface area contributed by atoms with Crippen LogP contribution in [0.15, 0.2) is 27.8 Å². The molecule has 2 fully saturated rings. The summed E-state index contributed by atoms with van der Waals surface area (Å²) in [5.74, 6) is 2.55. The number of halogens is 1. The second-order valence-electron chi connectivity index (χ2n) is 7.53. The van der Waals surface area contributed by atoms with Gasteiger partial charge in [-0.2, -0.15) is 0 Å². The SMILES string of the molecule is CC(C)CN=C(NCCc1ccco1)NC1CCN(C2CC2)CC1.I. The highest BCUT2D eigenvalue weighted by Gasteiger charge is 2.31. The number of piperidine rings is 1. The summed E-state index contributed by atoms with van der Waals surface area (Å²) in [4.78, 5) is 7.41. The normalized spacial score (nSPS) is 19.7. The third kappa shape index (κ3) is 7.17. The standard InChI is InChI=1S/C19H32N4O.HI/c1-15(2)14-21-19(20-10-7-18-4-3-13-24-18)22-16-8-11-23(12-9-16)17-5-6-17;/h3-4,13,15-17H,5-12,14H2,1-2H3,(H2,20,21,22);1H. The predicted molar refractivity (Wildman–Crippen MR) is 114 cm³/mol. The molecule has 1 saturated carbocycles. The van der Waals surface area contributed by atoms with Crippen LogP contribution in [0, 0.1) is 5.92 Å². The van der Waals surface area contributed by atoms with Gasteiger partial charge in [0.25, 0.3) is 0 Å². The summed E-state index contributed by atoms with van der Waals surface area (Å²) < 4.78 is 5.40. The molecule has 0 aromatic carbocycles. The summed E-state index contributed by atoms with van der Waals surface area (Å²) in [6, 6.07) is 5.40. The van der Waals surface area contributed by atoms with Crippen molar-refractivity contribution in [2.24, 2.45) is 10.9 Å². The second-order valence-corrected chi connectivity index (χ2v) is 7.53. The van der Waals surface area contributed by atoms with E-state index in [0.29, 0.717) is 12.0 Å². The van der Waals surface area contributed by atoms with Crippen molar-refractivity contribution in [3.8, 4) is 0 Å². The summed E-state index contributed by atoms with van der Waals surface area (Å²) in [7, 11) is 0. The van der Waals surface area contributed by atoms with E-state index in [1.807, 2.05) is 12.1 Å². The van der Waals surface area contributed by atoms with Crippen LogP contribution in [0.5, 0.6) is 0 Å². The molecule has 1 saturated heterocycles. The van der Waals surface area contributed by atoms with Crippen LogP contribution in [0.3, 0.4) is 0 Å². The molecule has 2 aliphatic rings. The molecule has 0 spiro atoms. The number of nitrogens with one attached hydrogen (secondary N) is 2. The van der Waals surface area contributed by atoms with E-state index < -0.39 is 0 Å². The van der Waals surface area contributed by atoms with Gasteiger partial charge in [0.05, 0.1) is 6.26 Å². The average molecular weight is 460 g/mol. The molecule has 0 amide bonds. The Kier molecular flexibility index (Phi) is 8.55. The van der Waals surface area contributed by atoms with Gasteiger partial charge in [-0.05, 0) is 43.7 Å². The van der Waals surface area contributed by atoms with E-state index in [0.717, 1.165) is 37.3 Å². The van der Waals surface area contributed by atoms with Crippen molar-refractivity contribution in [1.82, 2.24) is 15.5 Å². The summed E-state index contributed by atoms with van der Waals surface area (Å²) in [5.41, 5.74) is 0. The van der Waals surface area contributed by atoms with Gasteiger partial charge >= 0.3 is 0 Å². The van der Waals surface area contributed by atoms with Gasteiger partial charge in [0, 0.05) is 44.7 Å². The number of rotatable bonds is 7. The van der Waals surface area contributed by atoms with Crippen molar-refractivity contribution in [2.45, 2.75) is 58.0 Å². The summed E-state index contributed by atoms with van der Waals surface area (Å²) in [6.07, 6.45) is 7.87. The van der Waals surface area contributed by atoms with E-state index >= 15 is 0 Å². The van der Waals surface area contributed by atoms with E-state index in [9.17, 15) is 0 Å². The van der Waals surface area contributed by atoms with Crippen LogP contribution in [0.4, 0.5) is 0 Å². The van der Waals surface area contributed by atoms with Crippen molar-refractivity contribution < 1.29 is 4.42 Å². The molecule has 2 N–H and O–H groups in total. The third-order valence-electron chi connectivity index (χ3n) is 4.79. The highest BCUT2D eigenvalue weighted by molar-refractivity contribution is 14.0. The Morgan fingerprint density at radius 3 is 2.64 bits per heavy atom. The largest absolute Gasteiger partial charge is 0.469 e. The van der Waals surface area contributed by atoms with E-state index in [2.05, 4.69) is 29.4 Å². The lowest BCUT2D eigenvalue weighted by Crippen LogP contribution is -2.49. The van der Waals surface area contributed by atoms with Crippen LogP contribution in [-0.4, -0.2) is 49.1 Å². The van der Waals surface area contributed by atoms with Crippen molar-refractivity contribution >= 4 is 29.9 Å². The summed E-state index contributed by atoms with van der Waals surface area (Å²) in [6.45, 7) is 8.57. The molecule has 1 aromatic rings. The minimum Gasteiger partial charge on any atom is -0.469 e. The fourth-order valence-electron chi connectivity index (χ4n) is 3.23. The number of nitrogens with zero attached hydrogens (tertiary/aromatic N) is 2. The Bertz CT molecular complexity index is 506. The zero-order chi connectivity index (χ0) is 16.8. The van der Waals surface area contributed by atoms with E-state index in [-0.39, 0.29) is 24.0 Å². The third-order valence-corrected chi connectivity index (χ3v) is 4.79. The van der Waals surface area contributed by atoms with Gasteiger partial charge in [0.2, 0.25) is 0 Å². The van der Waals surface area contributed by atoms with Crippen molar-refractivity contribution in [2.75, 3.05) is 26.2 Å². The van der Waals surface area contributed by atoms with E-state index in [1.165, 1.54) is 38.8 Å². The Morgan fingerprint density at radius 2 is 2.04 bits per heavy atom. The predicted octanol–water partition coefficient (Wildman–Crippen LogP) is 3.26. The van der Waals surface area contributed by atoms with Gasteiger partial charge in [0.15, 0.2) is 5.96 Å². The first-order chi connectivity index (χ1) is 11.7. The second kappa shape index (κ2) is 10.4. The first kappa shape index (κ1) is 20.6. The molecule has 0 unspecified atom stereocenters. The summed E-state index contributed by atoms with van der Waals surface area (Å²) in [5, 5.41) is 7.13. The molecule has 0 radical (unpaired) electrons. The molecule has 0 bridgehead atoms. The van der Waals surface area contributed by atoms with Gasteiger partial charge in [-0.1, -0.05) is 13.8 Å². The van der Waals surface area contributed by atoms with Gasteiger partial charge in [-0.3, -0.25) is 4.99 Å². The molecule has 3 rings (SSSR count). The quantitative estimate of drug-likeness (QED) is 0.373. The number of hydrogen-bond acceptors (Lipinski definition) is 3. The van der Waals surface area contributed by atoms with E-state index in [1.54, 1.807) is 6.26 Å². The van der Waals surface area contributed by atoms with Crippen molar-refractivity contribution in [3.05, 3.63) is 24.2 Å². The van der Waals surface area contributed by atoms with Crippen LogP contribution in [0.1, 0.15) is 45.3 Å². The molecule has 1 aliphatic heterocycles. The lowest BCUT2D eigenvalue weighted by Gasteiger charge is -2.33. The monoisotopic (exact) mass is 460 g/mol. The average Bonchev–Trinajstić information content (AvgIpc) is 3.30. The maximum Gasteiger partial charge on any atom is 0.191 e. The molecular weight excluding hydrogens is 427 g/mol.